The largest absolute Gasteiger partial charge is 0.366 e. The van der Waals surface area contributed by atoms with Crippen LogP contribution >= 0.6 is 11.5 Å². The van der Waals surface area contributed by atoms with Gasteiger partial charge in [-0.1, -0.05) is 4.49 Å². The highest BCUT2D eigenvalue weighted by atomic mass is 32.1. The highest BCUT2D eigenvalue weighted by molar-refractivity contribution is 7.09. The first-order valence-corrected chi connectivity index (χ1v) is 5.18. The lowest BCUT2D eigenvalue weighted by atomic mass is 10.2. The van der Waals surface area contributed by atoms with Gasteiger partial charge in [-0.3, -0.25) is 4.98 Å². The Hall–Kier alpha value is -1.56. The Morgan fingerprint density at radius 3 is 2.87 bits per heavy atom. The lowest BCUT2D eigenvalue weighted by Crippen LogP contribution is -2.07. The number of rotatable bonds is 3. The maximum Gasteiger partial charge on any atom is 0.141 e. The van der Waals surface area contributed by atoms with Crippen molar-refractivity contribution in [3.63, 3.8) is 0 Å². The molecule has 0 bridgehead atoms. The molecule has 1 unspecified atom stereocenters. The lowest BCUT2D eigenvalue weighted by molar-refractivity contribution is 0.617. The monoisotopic (exact) mass is 224 g/mol. The van der Waals surface area contributed by atoms with Crippen LogP contribution in [0.3, 0.4) is 0 Å². The highest BCUT2D eigenvalue weighted by Gasteiger charge is 2.07. The predicted octanol–water partition coefficient (Wildman–Crippen LogP) is 2.25. The summed E-state index contributed by atoms with van der Waals surface area (Å²) >= 11 is 1.27. The van der Waals surface area contributed by atoms with Gasteiger partial charge in [-0.2, -0.15) is 0 Å². The minimum Gasteiger partial charge on any atom is -0.366 e. The van der Waals surface area contributed by atoms with Gasteiger partial charge in [0, 0.05) is 11.5 Å². The number of halogens is 1. The summed E-state index contributed by atoms with van der Waals surface area (Å²) in [7, 11) is 0. The highest BCUT2D eigenvalue weighted by Crippen LogP contribution is 2.18. The van der Waals surface area contributed by atoms with Gasteiger partial charge >= 0.3 is 0 Å². The van der Waals surface area contributed by atoms with E-state index in [4.69, 9.17) is 0 Å². The summed E-state index contributed by atoms with van der Waals surface area (Å²) in [6, 6.07) is 3.06. The van der Waals surface area contributed by atoms with Gasteiger partial charge in [0.1, 0.15) is 10.8 Å². The Morgan fingerprint density at radius 2 is 2.27 bits per heavy atom. The zero-order chi connectivity index (χ0) is 10.7. The van der Waals surface area contributed by atoms with Gasteiger partial charge in [0.15, 0.2) is 0 Å². The van der Waals surface area contributed by atoms with E-state index < -0.39 is 0 Å². The normalized spacial score (nSPS) is 12.4. The van der Waals surface area contributed by atoms with Crippen molar-refractivity contribution in [3.05, 3.63) is 36.0 Å². The first-order valence-electron chi connectivity index (χ1n) is 4.41. The van der Waals surface area contributed by atoms with Gasteiger partial charge in [0.2, 0.25) is 0 Å². The maximum absolute atomic E-state index is 12.6. The van der Waals surface area contributed by atoms with E-state index in [-0.39, 0.29) is 11.9 Å². The molecule has 2 rings (SSSR count). The molecule has 0 fully saturated rings. The molecule has 1 atom stereocenters. The zero-order valence-corrected chi connectivity index (χ0v) is 8.83. The van der Waals surface area contributed by atoms with Crippen LogP contribution in [0.2, 0.25) is 0 Å². The second-order valence-electron chi connectivity index (χ2n) is 3.05. The third-order valence-electron chi connectivity index (χ3n) is 1.91. The van der Waals surface area contributed by atoms with Crippen LogP contribution in [-0.2, 0) is 0 Å². The summed E-state index contributed by atoms with van der Waals surface area (Å²) in [5.74, 6) is -0.328. The Labute approximate surface area is 90.3 Å². The van der Waals surface area contributed by atoms with E-state index in [1.807, 2.05) is 6.92 Å². The molecular weight excluding hydrogens is 215 g/mol. The fourth-order valence-corrected chi connectivity index (χ4v) is 1.67. The van der Waals surface area contributed by atoms with Crippen LogP contribution in [0.1, 0.15) is 18.7 Å². The van der Waals surface area contributed by atoms with E-state index in [2.05, 4.69) is 19.9 Å². The van der Waals surface area contributed by atoms with Crippen molar-refractivity contribution in [2.75, 3.05) is 5.32 Å². The minimum atomic E-state index is -0.328. The summed E-state index contributed by atoms with van der Waals surface area (Å²) in [5.41, 5.74) is 0.782. The van der Waals surface area contributed by atoms with Gasteiger partial charge in [-0.25, -0.2) is 4.39 Å². The molecule has 0 aliphatic heterocycles. The second-order valence-corrected chi connectivity index (χ2v) is 3.83. The Kier molecular flexibility index (Phi) is 2.86. The first kappa shape index (κ1) is 9.97. The number of hydrogen-bond acceptors (Lipinski definition) is 5. The molecule has 0 amide bonds. The molecule has 0 radical (unpaired) electrons. The Morgan fingerprint density at radius 1 is 1.40 bits per heavy atom. The molecule has 0 saturated heterocycles. The van der Waals surface area contributed by atoms with E-state index in [0.29, 0.717) is 0 Å². The van der Waals surface area contributed by atoms with E-state index in [9.17, 15) is 4.39 Å². The first-order chi connectivity index (χ1) is 7.25. The van der Waals surface area contributed by atoms with E-state index >= 15 is 0 Å². The molecular formula is C9H9FN4S. The third-order valence-corrected chi connectivity index (χ3v) is 2.51. The quantitative estimate of drug-likeness (QED) is 0.868. The maximum atomic E-state index is 12.6. The van der Waals surface area contributed by atoms with Crippen LogP contribution in [-0.4, -0.2) is 14.6 Å². The van der Waals surface area contributed by atoms with Crippen LogP contribution < -0.4 is 5.32 Å². The van der Waals surface area contributed by atoms with Crippen LogP contribution in [0.25, 0.3) is 0 Å². The molecule has 1 N–H and O–H groups in total. The van der Waals surface area contributed by atoms with Crippen molar-refractivity contribution >= 4 is 16.5 Å². The number of nitrogens with zero attached hydrogens (tertiary/aromatic N) is 3. The van der Waals surface area contributed by atoms with Gasteiger partial charge in [-0.05, 0) is 19.1 Å². The van der Waals surface area contributed by atoms with Crippen molar-refractivity contribution in [3.8, 4) is 0 Å². The molecule has 0 aromatic carbocycles. The Balaban J connectivity index is 2.08. The van der Waals surface area contributed by atoms with Crippen LogP contribution in [0.15, 0.2) is 24.5 Å². The SMILES string of the molecule is CC(Nc1cnns1)c1ccc(F)cn1. The molecule has 2 heterocycles. The van der Waals surface area contributed by atoms with Crippen molar-refractivity contribution in [2.24, 2.45) is 0 Å². The van der Waals surface area contributed by atoms with E-state index in [1.165, 1.54) is 23.8 Å². The topological polar surface area (TPSA) is 50.7 Å². The average molecular weight is 224 g/mol. The molecule has 15 heavy (non-hydrogen) atoms. The molecule has 0 aliphatic carbocycles. The number of pyridine rings is 1. The molecule has 2 aromatic heterocycles. The number of hydrogen-bond donors (Lipinski definition) is 1. The van der Waals surface area contributed by atoms with E-state index in [0.717, 1.165) is 10.7 Å². The summed E-state index contributed by atoms with van der Waals surface area (Å²) < 4.78 is 16.4. The molecule has 4 nitrogen and oxygen atoms in total. The second kappa shape index (κ2) is 4.31. The molecule has 0 saturated carbocycles. The van der Waals surface area contributed by atoms with Crippen LogP contribution in [0.4, 0.5) is 9.39 Å². The molecule has 0 aliphatic rings. The van der Waals surface area contributed by atoms with Crippen molar-refractivity contribution in [1.82, 2.24) is 14.6 Å². The third kappa shape index (κ3) is 2.47. The average Bonchev–Trinajstić information content (AvgIpc) is 2.71. The van der Waals surface area contributed by atoms with Crippen molar-refractivity contribution < 1.29 is 4.39 Å². The summed E-state index contributed by atoms with van der Waals surface area (Å²) in [5, 5.41) is 7.74. The number of nitrogens with one attached hydrogen (secondary N) is 1. The van der Waals surface area contributed by atoms with Gasteiger partial charge < -0.3 is 5.32 Å². The van der Waals surface area contributed by atoms with Crippen molar-refractivity contribution in [1.29, 1.82) is 0 Å². The van der Waals surface area contributed by atoms with Crippen LogP contribution in [0, 0.1) is 5.82 Å². The van der Waals surface area contributed by atoms with E-state index in [1.54, 1.807) is 12.3 Å². The molecule has 78 valence electrons. The fraction of sp³-hybridized carbons (Fsp3) is 0.222. The minimum absolute atomic E-state index is 0.00727. The predicted molar refractivity (Wildman–Crippen MR) is 56.1 cm³/mol. The number of aromatic nitrogens is 3. The zero-order valence-electron chi connectivity index (χ0n) is 8.01. The standard InChI is InChI=1S/C9H9FN4S/c1-6(13-9-5-12-14-15-9)8-3-2-7(10)4-11-8/h2-6,13H,1H3. The van der Waals surface area contributed by atoms with Crippen molar-refractivity contribution in [2.45, 2.75) is 13.0 Å². The molecule has 2 aromatic rings. The lowest BCUT2D eigenvalue weighted by Gasteiger charge is -2.11. The summed E-state index contributed by atoms with van der Waals surface area (Å²) in [6.45, 7) is 1.94. The van der Waals surface area contributed by atoms with Gasteiger partial charge in [0.25, 0.3) is 0 Å². The van der Waals surface area contributed by atoms with Gasteiger partial charge in [0.05, 0.1) is 24.1 Å². The number of anilines is 1. The molecule has 0 spiro atoms. The summed E-state index contributed by atoms with van der Waals surface area (Å²) in [6.07, 6.45) is 2.85. The smallest absolute Gasteiger partial charge is 0.141 e. The van der Waals surface area contributed by atoms with Crippen LogP contribution in [0.5, 0.6) is 0 Å². The fourth-order valence-electron chi connectivity index (χ4n) is 1.16. The summed E-state index contributed by atoms with van der Waals surface area (Å²) in [4.78, 5) is 3.99. The van der Waals surface area contributed by atoms with Gasteiger partial charge in [-0.15, -0.1) is 5.10 Å². The molecule has 6 heteroatoms. The Bertz CT molecular complexity index is 414.